The van der Waals surface area contributed by atoms with Gasteiger partial charge in [0.2, 0.25) is 5.91 Å². The predicted octanol–water partition coefficient (Wildman–Crippen LogP) is -0.444. The van der Waals surface area contributed by atoms with Crippen molar-refractivity contribution in [3.8, 4) is 0 Å². The molecule has 0 saturated heterocycles. The number of amides is 2. The maximum absolute atomic E-state index is 11.6. The lowest BCUT2D eigenvalue weighted by Gasteiger charge is -2.10. The van der Waals surface area contributed by atoms with Crippen molar-refractivity contribution in [3.63, 3.8) is 0 Å². The lowest BCUT2D eigenvalue weighted by atomic mass is 10.1. The zero-order valence-electron chi connectivity index (χ0n) is 9.10. The van der Waals surface area contributed by atoms with Gasteiger partial charge in [0, 0.05) is 12.1 Å². The van der Waals surface area contributed by atoms with Gasteiger partial charge in [-0.2, -0.15) is 0 Å². The highest BCUT2D eigenvalue weighted by Crippen LogP contribution is 2.24. The molecule has 6 heteroatoms. The maximum Gasteiger partial charge on any atom is 0.266 e. The van der Waals surface area contributed by atoms with Crippen LogP contribution in [0, 0.1) is 0 Å². The first-order valence-corrected chi connectivity index (χ1v) is 5.21. The summed E-state index contributed by atoms with van der Waals surface area (Å²) in [4.78, 5) is 26.7. The molecule has 0 unspecified atom stereocenters. The molecule has 6 nitrogen and oxygen atoms in total. The highest BCUT2D eigenvalue weighted by Gasteiger charge is 2.26. The van der Waals surface area contributed by atoms with E-state index in [1.54, 1.807) is 0 Å². The van der Waals surface area contributed by atoms with Gasteiger partial charge in [-0.15, -0.1) is 0 Å². The van der Waals surface area contributed by atoms with Crippen molar-refractivity contribution in [3.05, 3.63) is 29.8 Å². The molecule has 0 spiro atoms. The summed E-state index contributed by atoms with van der Waals surface area (Å²) in [5.74, 6) is -0.949. The van der Waals surface area contributed by atoms with E-state index in [9.17, 15) is 9.59 Å². The SMILES string of the molecule is NC(=O)CONC(=O)[C@@H]1Cc2ccccc2N1. The van der Waals surface area contributed by atoms with Crippen molar-refractivity contribution in [1.29, 1.82) is 0 Å². The summed E-state index contributed by atoms with van der Waals surface area (Å²) in [5, 5.41) is 3.06. The average Bonchev–Trinajstić information content (AvgIpc) is 2.71. The Hall–Kier alpha value is -2.08. The number of nitrogens with two attached hydrogens (primary N) is 1. The van der Waals surface area contributed by atoms with Crippen LogP contribution in [0.2, 0.25) is 0 Å². The van der Waals surface area contributed by atoms with Crippen molar-refractivity contribution in [2.24, 2.45) is 5.73 Å². The van der Waals surface area contributed by atoms with Gasteiger partial charge >= 0.3 is 0 Å². The third-order valence-electron chi connectivity index (χ3n) is 2.47. The molecule has 0 saturated carbocycles. The summed E-state index contributed by atoms with van der Waals surface area (Å²) in [6.07, 6.45) is 0.599. The Morgan fingerprint density at radius 1 is 1.47 bits per heavy atom. The molecule has 0 bridgehead atoms. The van der Waals surface area contributed by atoms with Crippen LogP contribution in [0.25, 0.3) is 0 Å². The number of carbonyl (C=O) groups excluding carboxylic acids is 2. The van der Waals surface area contributed by atoms with Gasteiger partial charge in [-0.25, -0.2) is 5.48 Å². The van der Waals surface area contributed by atoms with Crippen LogP contribution in [0.3, 0.4) is 0 Å². The van der Waals surface area contributed by atoms with Crippen molar-refractivity contribution in [2.75, 3.05) is 11.9 Å². The Balaban J connectivity index is 1.86. The third-order valence-corrected chi connectivity index (χ3v) is 2.47. The molecule has 0 aromatic heterocycles. The molecule has 2 rings (SSSR count). The van der Waals surface area contributed by atoms with Crippen LogP contribution in [-0.4, -0.2) is 24.5 Å². The fourth-order valence-electron chi connectivity index (χ4n) is 1.71. The number of para-hydroxylation sites is 1. The summed E-state index contributed by atoms with van der Waals surface area (Å²) < 4.78 is 0. The summed E-state index contributed by atoms with van der Waals surface area (Å²) in [7, 11) is 0. The topological polar surface area (TPSA) is 93.5 Å². The molecule has 1 atom stereocenters. The van der Waals surface area contributed by atoms with Crippen molar-refractivity contribution < 1.29 is 14.4 Å². The number of hydrogen-bond donors (Lipinski definition) is 3. The molecule has 0 radical (unpaired) electrons. The van der Waals surface area contributed by atoms with Gasteiger partial charge in [0.1, 0.15) is 6.04 Å². The molecule has 4 N–H and O–H groups in total. The standard InChI is InChI=1S/C11H13N3O3/c12-10(15)6-17-14-11(16)9-5-7-3-1-2-4-8(7)13-9/h1-4,9,13H,5-6H2,(H2,12,15)(H,14,16)/t9-/m0/s1. The van der Waals surface area contributed by atoms with E-state index in [0.29, 0.717) is 6.42 Å². The Morgan fingerprint density at radius 3 is 2.94 bits per heavy atom. The molecular weight excluding hydrogens is 222 g/mol. The Labute approximate surface area is 98.1 Å². The minimum absolute atomic E-state index is 0.317. The number of primary amides is 1. The number of anilines is 1. The number of hydrogen-bond acceptors (Lipinski definition) is 4. The highest BCUT2D eigenvalue weighted by molar-refractivity contribution is 5.86. The van der Waals surface area contributed by atoms with Crippen LogP contribution in [0.5, 0.6) is 0 Å². The first kappa shape index (κ1) is 11.4. The van der Waals surface area contributed by atoms with Gasteiger partial charge in [0.15, 0.2) is 6.61 Å². The van der Waals surface area contributed by atoms with Crippen LogP contribution in [0.15, 0.2) is 24.3 Å². The van der Waals surface area contributed by atoms with E-state index in [1.807, 2.05) is 24.3 Å². The molecule has 1 aliphatic heterocycles. The molecule has 1 heterocycles. The molecule has 1 aromatic rings. The fourth-order valence-corrected chi connectivity index (χ4v) is 1.71. The van der Waals surface area contributed by atoms with Gasteiger partial charge in [-0.05, 0) is 11.6 Å². The predicted molar refractivity (Wildman–Crippen MR) is 60.8 cm³/mol. The second-order valence-corrected chi connectivity index (χ2v) is 3.78. The molecule has 1 aliphatic rings. The Kier molecular flexibility index (Phi) is 3.24. The number of nitrogens with one attached hydrogen (secondary N) is 2. The van der Waals surface area contributed by atoms with E-state index in [2.05, 4.69) is 15.6 Å². The quantitative estimate of drug-likeness (QED) is 0.616. The molecule has 17 heavy (non-hydrogen) atoms. The summed E-state index contributed by atoms with van der Waals surface area (Å²) >= 11 is 0. The monoisotopic (exact) mass is 235 g/mol. The fraction of sp³-hybridized carbons (Fsp3) is 0.273. The number of carbonyl (C=O) groups is 2. The van der Waals surface area contributed by atoms with Gasteiger partial charge in [0.25, 0.3) is 5.91 Å². The minimum Gasteiger partial charge on any atom is -0.373 e. The average molecular weight is 235 g/mol. The second-order valence-electron chi connectivity index (χ2n) is 3.78. The van der Waals surface area contributed by atoms with Crippen molar-refractivity contribution in [1.82, 2.24) is 5.48 Å². The normalized spacial score (nSPS) is 17.1. The van der Waals surface area contributed by atoms with Crippen LogP contribution >= 0.6 is 0 Å². The summed E-state index contributed by atoms with van der Waals surface area (Å²) in [6.45, 7) is -0.328. The molecule has 0 aliphatic carbocycles. The molecular formula is C11H13N3O3. The first-order valence-electron chi connectivity index (χ1n) is 5.21. The van der Waals surface area contributed by atoms with Gasteiger partial charge in [-0.3, -0.25) is 14.4 Å². The lowest BCUT2D eigenvalue weighted by molar-refractivity contribution is -0.138. The molecule has 90 valence electrons. The van der Waals surface area contributed by atoms with E-state index in [0.717, 1.165) is 11.3 Å². The number of rotatable bonds is 4. The second kappa shape index (κ2) is 4.84. The van der Waals surface area contributed by atoms with Crippen LogP contribution < -0.4 is 16.5 Å². The zero-order chi connectivity index (χ0) is 12.3. The molecule has 0 fully saturated rings. The largest absolute Gasteiger partial charge is 0.373 e. The molecule has 1 aromatic carbocycles. The van der Waals surface area contributed by atoms with Crippen molar-refractivity contribution in [2.45, 2.75) is 12.5 Å². The smallest absolute Gasteiger partial charge is 0.266 e. The van der Waals surface area contributed by atoms with Crippen LogP contribution in [0.4, 0.5) is 5.69 Å². The number of benzene rings is 1. The van der Waals surface area contributed by atoms with Crippen molar-refractivity contribution >= 4 is 17.5 Å². The van der Waals surface area contributed by atoms with E-state index in [4.69, 9.17) is 5.73 Å². The first-order chi connectivity index (χ1) is 8.16. The summed E-state index contributed by atoms with van der Waals surface area (Å²) in [5.41, 5.74) is 9.09. The number of hydroxylamine groups is 1. The Bertz CT molecular complexity index is 422. The van der Waals surface area contributed by atoms with E-state index >= 15 is 0 Å². The lowest BCUT2D eigenvalue weighted by Crippen LogP contribution is -2.39. The highest BCUT2D eigenvalue weighted by atomic mass is 16.7. The molecule has 2 amide bonds. The van der Waals surface area contributed by atoms with E-state index < -0.39 is 5.91 Å². The van der Waals surface area contributed by atoms with Crippen LogP contribution in [-0.2, 0) is 20.8 Å². The van der Waals surface area contributed by atoms with Gasteiger partial charge < -0.3 is 11.1 Å². The Morgan fingerprint density at radius 2 is 2.24 bits per heavy atom. The maximum atomic E-state index is 11.6. The van der Waals surface area contributed by atoms with Gasteiger partial charge in [0.05, 0.1) is 0 Å². The number of fused-ring (bicyclic) bond motifs is 1. The third kappa shape index (κ3) is 2.73. The minimum atomic E-state index is -0.632. The van der Waals surface area contributed by atoms with E-state index in [1.165, 1.54) is 0 Å². The summed E-state index contributed by atoms with van der Waals surface area (Å²) in [6, 6.07) is 7.31. The van der Waals surface area contributed by atoms with Crippen LogP contribution in [0.1, 0.15) is 5.56 Å². The van der Waals surface area contributed by atoms with Gasteiger partial charge in [-0.1, -0.05) is 18.2 Å². The zero-order valence-corrected chi connectivity index (χ0v) is 9.10. The van der Waals surface area contributed by atoms with E-state index in [-0.39, 0.29) is 18.6 Å².